The lowest BCUT2D eigenvalue weighted by molar-refractivity contribution is 0.0893. The Morgan fingerprint density at radius 2 is 2.03 bits per heavy atom. The highest BCUT2D eigenvalue weighted by Gasteiger charge is 2.26. The summed E-state index contributed by atoms with van der Waals surface area (Å²) in [6.07, 6.45) is 8.28. The van der Waals surface area contributed by atoms with E-state index in [0.717, 1.165) is 60.3 Å². The van der Waals surface area contributed by atoms with Crippen LogP contribution in [-0.2, 0) is 24.4 Å². The van der Waals surface area contributed by atoms with Gasteiger partial charge < -0.3 is 14.5 Å². The molecular weight excluding hydrogens is 432 g/mol. The smallest absolute Gasteiger partial charge is 0.252 e. The van der Waals surface area contributed by atoms with Gasteiger partial charge in [-0.2, -0.15) is 0 Å². The van der Waals surface area contributed by atoms with E-state index in [1.807, 2.05) is 35.9 Å². The molecule has 1 saturated heterocycles. The van der Waals surface area contributed by atoms with Gasteiger partial charge in [0.2, 0.25) is 0 Å². The third kappa shape index (κ3) is 5.31. The van der Waals surface area contributed by atoms with Crippen LogP contribution in [0.3, 0.4) is 0 Å². The number of aromatic nitrogens is 5. The first-order valence-corrected chi connectivity index (χ1v) is 12.6. The number of rotatable bonds is 9. The fourth-order valence-electron chi connectivity index (χ4n) is 5.22. The van der Waals surface area contributed by atoms with Gasteiger partial charge in [-0.1, -0.05) is 19.3 Å². The van der Waals surface area contributed by atoms with E-state index in [4.69, 9.17) is 9.47 Å². The molecule has 1 aliphatic carbocycles. The maximum atomic E-state index is 13.0. The van der Waals surface area contributed by atoms with E-state index in [-0.39, 0.29) is 11.7 Å². The van der Waals surface area contributed by atoms with E-state index < -0.39 is 0 Å². The van der Waals surface area contributed by atoms with Crippen molar-refractivity contribution >= 4 is 10.9 Å². The quantitative estimate of drug-likeness (QED) is 0.516. The number of benzene rings is 1. The number of H-pyrrole nitrogens is 1. The molecule has 2 aliphatic rings. The van der Waals surface area contributed by atoms with Crippen molar-refractivity contribution < 1.29 is 9.47 Å². The van der Waals surface area contributed by atoms with Crippen molar-refractivity contribution in [3.63, 3.8) is 0 Å². The summed E-state index contributed by atoms with van der Waals surface area (Å²) in [5.41, 5.74) is 1.53. The highest BCUT2D eigenvalue weighted by molar-refractivity contribution is 5.80. The van der Waals surface area contributed by atoms with Crippen molar-refractivity contribution in [3.8, 4) is 5.75 Å². The maximum Gasteiger partial charge on any atom is 0.252 e. The first kappa shape index (κ1) is 23.0. The van der Waals surface area contributed by atoms with Crippen molar-refractivity contribution in [3.05, 3.63) is 46.0 Å². The van der Waals surface area contributed by atoms with Crippen molar-refractivity contribution in [2.24, 2.45) is 0 Å². The molecule has 3 heterocycles. The van der Waals surface area contributed by atoms with Crippen molar-refractivity contribution in [2.45, 2.75) is 83.6 Å². The van der Waals surface area contributed by atoms with Crippen LogP contribution in [0.5, 0.6) is 5.75 Å². The number of fused-ring (bicyclic) bond motifs is 1. The SMILES string of the molecule is CCOc1ccc2[nH]c(=O)c(CN(Cc3nnnn3CC3CCCO3)C3CCCCC3)cc2c1. The van der Waals surface area contributed by atoms with Gasteiger partial charge in [0.15, 0.2) is 5.82 Å². The summed E-state index contributed by atoms with van der Waals surface area (Å²) in [5.74, 6) is 1.64. The van der Waals surface area contributed by atoms with Gasteiger partial charge in [-0.15, -0.1) is 5.10 Å². The van der Waals surface area contributed by atoms with Gasteiger partial charge in [0.25, 0.3) is 5.56 Å². The summed E-state index contributed by atoms with van der Waals surface area (Å²) in [6.45, 7) is 5.24. The number of aromatic amines is 1. The van der Waals surface area contributed by atoms with Gasteiger partial charge in [0.05, 0.1) is 25.8 Å². The Kier molecular flexibility index (Phi) is 7.20. The Morgan fingerprint density at radius 1 is 1.15 bits per heavy atom. The third-order valence-electron chi connectivity index (χ3n) is 7.02. The van der Waals surface area contributed by atoms with E-state index in [0.29, 0.717) is 32.3 Å². The lowest BCUT2D eigenvalue weighted by Gasteiger charge is -2.34. The predicted octanol–water partition coefficient (Wildman–Crippen LogP) is 3.43. The van der Waals surface area contributed by atoms with Crippen LogP contribution in [0.4, 0.5) is 0 Å². The fourth-order valence-corrected chi connectivity index (χ4v) is 5.22. The first-order chi connectivity index (χ1) is 16.7. The van der Waals surface area contributed by atoms with Crippen molar-refractivity contribution in [1.82, 2.24) is 30.1 Å². The molecule has 1 saturated carbocycles. The minimum atomic E-state index is -0.0450. The van der Waals surface area contributed by atoms with Gasteiger partial charge in [0.1, 0.15) is 5.75 Å². The standard InChI is InChI=1S/C25H34N6O3/c1-2-33-21-10-11-23-18(14-21)13-19(25(32)26-23)15-30(20-7-4-3-5-8-20)17-24-27-28-29-31(24)16-22-9-6-12-34-22/h10-11,13-14,20,22H,2-9,12,15-17H2,1H3,(H,26,32). The minimum Gasteiger partial charge on any atom is -0.494 e. The zero-order valence-corrected chi connectivity index (χ0v) is 19.9. The molecule has 0 radical (unpaired) electrons. The number of nitrogens with zero attached hydrogens (tertiary/aromatic N) is 5. The average molecular weight is 467 g/mol. The normalized spacial score (nSPS) is 19.3. The average Bonchev–Trinajstić information content (AvgIpc) is 3.53. The summed E-state index contributed by atoms with van der Waals surface area (Å²) < 4.78 is 13.3. The maximum absolute atomic E-state index is 13.0. The van der Waals surface area contributed by atoms with Crippen LogP contribution in [0.1, 0.15) is 63.3 Å². The van der Waals surface area contributed by atoms with Crippen LogP contribution < -0.4 is 10.3 Å². The molecule has 9 heteroatoms. The van der Waals surface area contributed by atoms with E-state index in [1.165, 1.54) is 19.3 Å². The molecule has 182 valence electrons. The Labute approximate surface area is 199 Å². The molecule has 2 aromatic heterocycles. The number of tetrazole rings is 1. The second-order valence-corrected chi connectivity index (χ2v) is 9.41. The largest absolute Gasteiger partial charge is 0.494 e. The molecule has 5 rings (SSSR count). The molecule has 1 unspecified atom stereocenters. The van der Waals surface area contributed by atoms with Crippen LogP contribution in [0.15, 0.2) is 29.1 Å². The number of hydrogen-bond acceptors (Lipinski definition) is 7. The first-order valence-electron chi connectivity index (χ1n) is 12.6. The molecule has 3 aromatic rings. The third-order valence-corrected chi connectivity index (χ3v) is 7.02. The molecule has 2 fully saturated rings. The lowest BCUT2D eigenvalue weighted by Crippen LogP contribution is -2.38. The van der Waals surface area contributed by atoms with Crippen molar-refractivity contribution in [1.29, 1.82) is 0 Å². The summed E-state index contributed by atoms with van der Waals surface area (Å²) >= 11 is 0. The second kappa shape index (κ2) is 10.7. The number of nitrogens with one attached hydrogen (secondary N) is 1. The van der Waals surface area contributed by atoms with Crippen LogP contribution in [0.2, 0.25) is 0 Å². The number of pyridine rings is 1. The molecule has 1 atom stereocenters. The van der Waals surface area contributed by atoms with Gasteiger partial charge in [-0.3, -0.25) is 9.69 Å². The highest BCUT2D eigenvalue weighted by Crippen LogP contribution is 2.26. The second-order valence-electron chi connectivity index (χ2n) is 9.41. The molecular formula is C25H34N6O3. The predicted molar refractivity (Wildman–Crippen MR) is 129 cm³/mol. The van der Waals surface area contributed by atoms with Gasteiger partial charge in [-0.05, 0) is 67.3 Å². The topological polar surface area (TPSA) is 98.2 Å². The molecule has 1 aromatic carbocycles. The van der Waals surface area contributed by atoms with Gasteiger partial charge in [0, 0.05) is 35.7 Å². The Balaban J connectivity index is 1.40. The Hall–Kier alpha value is -2.78. The van der Waals surface area contributed by atoms with Crippen molar-refractivity contribution in [2.75, 3.05) is 13.2 Å². The van der Waals surface area contributed by atoms with Crippen LogP contribution in [-0.4, -0.2) is 55.5 Å². The Morgan fingerprint density at radius 3 is 2.82 bits per heavy atom. The monoisotopic (exact) mass is 466 g/mol. The fraction of sp³-hybridized carbons (Fsp3) is 0.600. The van der Waals surface area contributed by atoms with Gasteiger partial charge in [-0.25, -0.2) is 4.68 Å². The zero-order chi connectivity index (χ0) is 23.3. The van der Waals surface area contributed by atoms with E-state index in [2.05, 4.69) is 25.4 Å². The molecule has 0 amide bonds. The highest BCUT2D eigenvalue weighted by atomic mass is 16.5. The summed E-state index contributed by atoms with van der Waals surface area (Å²) in [5, 5.41) is 13.5. The van der Waals surface area contributed by atoms with E-state index in [1.54, 1.807) is 0 Å². The number of hydrogen-bond donors (Lipinski definition) is 1. The Bertz CT molecular complexity index is 1150. The van der Waals surface area contributed by atoms with Crippen LogP contribution in [0.25, 0.3) is 10.9 Å². The van der Waals surface area contributed by atoms with E-state index >= 15 is 0 Å². The van der Waals surface area contributed by atoms with Crippen LogP contribution >= 0.6 is 0 Å². The van der Waals surface area contributed by atoms with Gasteiger partial charge >= 0.3 is 0 Å². The number of ether oxygens (including phenoxy) is 2. The molecule has 1 N–H and O–H groups in total. The lowest BCUT2D eigenvalue weighted by atomic mass is 9.93. The summed E-state index contributed by atoms with van der Waals surface area (Å²) in [6, 6.07) is 8.20. The molecule has 0 bridgehead atoms. The molecule has 1 aliphatic heterocycles. The van der Waals surface area contributed by atoms with Crippen LogP contribution in [0, 0.1) is 0 Å². The molecule has 0 spiro atoms. The molecule has 34 heavy (non-hydrogen) atoms. The molecule has 9 nitrogen and oxygen atoms in total. The minimum absolute atomic E-state index is 0.0450. The summed E-state index contributed by atoms with van der Waals surface area (Å²) in [4.78, 5) is 18.4. The van der Waals surface area contributed by atoms with E-state index in [9.17, 15) is 4.79 Å². The zero-order valence-electron chi connectivity index (χ0n) is 19.9. The summed E-state index contributed by atoms with van der Waals surface area (Å²) in [7, 11) is 0.